The minimum absolute atomic E-state index is 0.716. The molecule has 3 rings (SSSR count). The van der Waals surface area contributed by atoms with Crippen LogP contribution < -0.4 is 10.2 Å². The van der Waals surface area contributed by atoms with Gasteiger partial charge in [-0.3, -0.25) is 0 Å². The van der Waals surface area contributed by atoms with Gasteiger partial charge in [-0.25, -0.2) is 4.98 Å². The molecule has 0 unspecified atom stereocenters. The topological polar surface area (TPSA) is 32.6 Å². The summed E-state index contributed by atoms with van der Waals surface area (Å²) >= 11 is 0. The van der Waals surface area contributed by atoms with E-state index in [0.29, 0.717) is 6.04 Å². The second kappa shape index (κ2) is 6.06. The lowest BCUT2D eigenvalue weighted by Crippen LogP contribution is -2.24. The molecule has 114 valence electrons. The first-order chi connectivity index (χ1) is 10.1. The van der Waals surface area contributed by atoms with E-state index in [0.717, 1.165) is 30.5 Å². The van der Waals surface area contributed by atoms with Gasteiger partial charge in [0.25, 0.3) is 0 Å². The first-order valence-electron chi connectivity index (χ1n) is 8.05. The minimum Gasteiger partial charge on any atom is -0.358 e. The van der Waals surface area contributed by atoms with Crippen molar-refractivity contribution in [3.05, 3.63) is 30.1 Å². The highest BCUT2D eigenvalue weighted by molar-refractivity contribution is 5.55. The Balaban J connectivity index is 1.85. The van der Waals surface area contributed by atoms with E-state index in [1.165, 1.54) is 25.0 Å². The molecule has 4 heteroatoms. The fourth-order valence-corrected chi connectivity index (χ4v) is 2.59. The maximum Gasteiger partial charge on any atom is 0.152 e. The Morgan fingerprint density at radius 2 is 2.19 bits per heavy atom. The molecule has 0 aromatic carbocycles. The van der Waals surface area contributed by atoms with Gasteiger partial charge in [0.2, 0.25) is 0 Å². The summed E-state index contributed by atoms with van der Waals surface area (Å²) in [6.07, 6.45) is 5.94. The quantitative estimate of drug-likeness (QED) is 0.849. The average molecular weight is 286 g/mol. The highest BCUT2D eigenvalue weighted by atomic mass is 15.2. The van der Waals surface area contributed by atoms with Crippen molar-refractivity contribution in [1.29, 1.82) is 0 Å². The van der Waals surface area contributed by atoms with E-state index in [2.05, 4.69) is 59.9 Å². The van der Waals surface area contributed by atoms with Crippen LogP contribution in [0.2, 0.25) is 0 Å². The molecule has 1 aliphatic rings. The third-order valence-electron chi connectivity index (χ3n) is 4.15. The summed E-state index contributed by atoms with van der Waals surface area (Å²) in [5.74, 6) is 1.84. The number of anilines is 1. The molecular formula is C17H26N4. The number of nitrogens with one attached hydrogen (secondary N) is 1. The van der Waals surface area contributed by atoms with Crippen LogP contribution in [0.25, 0.3) is 5.65 Å². The minimum atomic E-state index is 0.716. The summed E-state index contributed by atoms with van der Waals surface area (Å²) in [6.45, 7) is 6.50. The van der Waals surface area contributed by atoms with Gasteiger partial charge >= 0.3 is 0 Å². The van der Waals surface area contributed by atoms with E-state index in [-0.39, 0.29) is 0 Å². The third-order valence-corrected chi connectivity index (χ3v) is 4.15. The van der Waals surface area contributed by atoms with Crippen LogP contribution in [0.5, 0.6) is 0 Å². The summed E-state index contributed by atoms with van der Waals surface area (Å²) in [6, 6.07) is 6.93. The molecule has 2 heterocycles. The predicted octanol–water partition coefficient (Wildman–Crippen LogP) is 3.07. The van der Waals surface area contributed by atoms with E-state index in [1.807, 2.05) is 0 Å². The summed E-state index contributed by atoms with van der Waals surface area (Å²) < 4.78 is 2.22. The Morgan fingerprint density at radius 1 is 1.38 bits per heavy atom. The second-order valence-electron chi connectivity index (χ2n) is 6.57. The number of hydrogen-bond donors (Lipinski definition) is 1. The van der Waals surface area contributed by atoms with Crippen LogP contribution >= 0.6 is 0 Å². The van der Waals surface area contributed by atoms with Crippen molar-refractivity contribution in [3.8, 4) is 0 Å². The highest BCUT2D eigenvalue weighted by Gasteiger charge is 2.22. The zero-order valence-corrected chi connectivity index (χ0v) is 13.3. The third kappa shape index (κ3) is 3.38. The molecule has 0 aliphatic heterocycles. The highest BCUT2D eigenvalue weighted by Crippen LogP contribution is 2.24. The Kier molecular flexibility index (Phi) is 4.15. The zero-order valence-electron chi connectivity index (χ0n) is 13.3. The van der Waals surface area contributed by atoms with Crippen molar-refractivity contribution in [1.82, 2.24) is 14.7 Å². The normalized spacial score (nSPS) is 15.0. The average Bonchev–Trinajstić information content (AvgIpc) is 3.22. The maximum absolute atomic E-state index is 4.84. The molecule has 0 spiro atoms. The zero-order chi connectivity index (χ0) is 14.8. The molecule has 0 amide bonds. The van der Waals surface area contributed by atoms with Crippen LogP contribution in [0.1, 0.15) is 38.8 Å². The molecule has 2 aromatic heterocycles. The lowest BCUT2D eigenvalue weighted by Gasteiger charge is -2.19. The summed E-state index contributed by atoms with van der Waals surface area (Å²) in [7, 11) is 2.16. The largest absolute Gasteiger partial charge is 0.358 e. The Morgan fingerprint density at radius 3 is 2.90 bits per heavy atom. The van der Waals surface area contributed by atoms with Gasteiger partial charge in [0.1, 0.15) is 5.65 Å². The monoisotopic (exact) mass is 286 g/mol. The molecule has 2 aromatic rings. The Hall–Kier alpha value is -1.55. The summed E-state index contributed by atoms with van der Waals surface area (Å²) in [5, 5.41) is 3.62. The lowest BCUT2D eigenvalue weighted by atomic mass is 10.1. The molecule has 0 radical (unpaired) electrons. The van der Waals surface area contributed by atoms with Crippen LogP contribution in [-0.4, -0.2) is 29.0 Å². The Bertz CT molecular complexity index is 598. The molecule has 21 heavy (non-hydrogen) atoms. The van der Waals surface area contributed by atoms with Crippen molar-refractivity contribution < 1.29 is 0 Å². The number of fused-ring (bicyclic) bond motifs is 1. The van der Waals surface area contributed by atoms with Gasteiger partial charge < -0.3 is 14.6 Å². The van der Waals surface area contributed by atoms with Gasteiger partial charge in [0.15, 0.2) is 5.82 Å². The number of imidazole rings is 1. The molecule has 4 nitrogen and oxygen atoms in total. The molecule has 1 aliphatic carbocycles. The lowest BCUT2D eigenvalue weighted by molar-refractivity contribution is 0.582. The van der Waals surface area contributed by atoms with Gasteiger partial charge in [-0.15, -0.1) is 0 Å². The number of pyridine rings is 1. The number of aromatic nitrogens is 2. The van der Waals surface area contributed by atoms with Crippen molar-refractivity contribution in [2.75, 3.05) is 18.5 Å². The van der Waals surface area contributed by atoms with E-state index >= 15 is 0 Å². The van der Waals surface area contributed by atoms with Crippen LogP contribution in [-0.2, 0) is 6.54 Å². The van der Waals surface area contributed by atoms with Gasteiger partial charge in [-0.1, -0.05) is 19.9 Å². The summed E-state index contributed by atoms with van der Waals surface area (Å²) in [5.41, 5.74) is 2.32. The van der Waals surface area contributed by atoms with Crippen LogP contribution in [0.15, 0.2) is 24.4 Å². The van der Waals surface area contributed by atoms with Crippen LogP contribution in [0.3, 0.4) is 0 Å². The molecule has 0 bridgehead atoms. The number of rotatable bonds is 7. The first kappa shape index (κ1) is 14.4. The fourth-order valence-electron chi connectivity index (χ4n) is 2.59. The Labute approximate surface area is 127 Å². The van der Waals surface area contributed by atoms with Crippen molar-refractivity contribution >= 4 is 11.5 Å². The predicted molar refractivity (Wildman–Crippen MR) is 87.8 cm³/mol. The van der Waals surface area contributed by atoms with Gasteiger partial charge in [-0.2, -0.15) is 0 Å². The summed E-state index contributed by atoms with van der Waals surface area (Å²) in [4.78, 5) is 7.14. The molecule has 1 N–H and O–H groups in total. The van der Waals surface area contributed by atoms with Crippen molar-refractivity contribution in [2.45, 2.75) is 45.7 Å². The molecule has 0 atom stereocenters. The number of hydrogen-bond acceptors (Lipinski definition) is 3. The van der Waals surface area contributed by atoms with Crippen molar-refractivity contribution in [2.24, 2.45) is 5.92 Å². The van der Waals surface area contributed by atoms with Gasteiger partial charge in [0.05, 0.1) is 5.69 Å². The van der Waals surface area contributed by atoms with Crippen LogP contribution in [0.4, 0.5) is 5.82 Å². The maximum atomic E-state index is 4.84. The molecule has 1 saturated carbocycles. The second-order valence-corrected chi connectivity index (χ2v) is 6.57. The smallest absolute Gasteiger partial charge is 0.152 e. The van der Waals surface area contributed by atoms with E-state index in [9.17, 15) is 0 Å². The molecule has 1 fully saturated rings. The molecular weight excluding hydrogens is 260 g/mol. The van der Waals surface area contributed by atoms with Gasteiger partial charge in [-0.05, 0) is 37.3 Å². The van der Waals surface area contributed by atoms with Crippen LogP contribution in [0, 0.1) is 5.92 Å². The standard InChI is InChI=1S/C17H26N4/c1-13(2)9-11-20(3)17-15(12-18-14-7-8-14)21-10-5-4-6-16(21)19-17/h4-6,10,13-14,18H,7-9,11-12H2,1-3H3. The first-order valence-corrected chi connectivity index (χ1v) is 8.05. The van der Waals surface area contributed by atoms with Gasteiger partial charge in [0, 0.05) is 32.4 Å². The SMILES string of the molecule is CC(C)CCN(C)c1nc2ccccn2c1CNC1CC1. The van der Waals surface area contributed by atoms with E-state index < -0.39 is 0 Å². The number of nitrogens with zero attached hydrogens (tertiary/aromatic N) is 3. The van der Waals surface area contributed by atoms with E-state index in [1.54, 1.807) is 0 Å². The fraction of sp³-hybridized carbons (Fsp3) is 0.588. The van der Waals surface area contributed by atoms with Crippen molar-refractivity contribution in [3.63, 3.8) is 0 Å². The molecule has 0 saturated heterocycles. The van der Waals surface area contributed by atoms with E-state index in [4.69, 9.17) is 4.98 Å².